The molecule has 1 amide bonds. The van der Waals surface area contributed by atoms with Crippen LogP contribution in [0.3, 0.4) is 0 Å². The van der Waals surface area contributed by atoms with Crippen LogP contribution < -0.4 is 0 Å². The van der Waals surface area contributed by atoms with Crippen molar-refractivity contribution in [2.45, 2.75) is 39.7 Å². The van der Waals surface area contributed by atoms with E-state index in [1.54, 1.807) is 31.9 Å². The summed E-state index contributed by atoms with van der Waals surface area (Å²) in [6.07, 6.45) is 0.571. The molecular weight excluding hydrogens is 284 g/mol. The molecule has 1 aromatic rings. The number of carbonyl (C=O) groups is 3. The van der Waals surface area contributed by atoms with Gasteiger partial charge in [0.25, 0.3) is 0 Å². The first kappa shape index (κ1) is 16.1. The van der Waals surface area contributed by atoms with Crippen molar-refractivity contribution in [3.05, 3.63) is 28.6 Å². The Balaban J connectivity index is 2.18. The molecule has 2 heterocycles. The van der Waals surface area contributed by atoms with E-state index < -0.39 is 5.97 Å². The third kappa shape index (κ3) is 3.32. The Kier molecular flexibility index (Phi) is 4.59. The monoisotopic (exact) mass is 304 g/mol. The highest BCUT2D eigenvalue weighted by Crippen LogP contribution is 2.18. The van der Waals surface area contributed by atoms with E-state index in [1.807, 2.05) is 0 Å². The second-order valence-corrected chi connectivity index (χ2v) is 5.65. The van der Waals surface area contributed by atoms with Gasteiger partial charge in [0.1, 0.15) is 6.10 Å². The average molecular weight is 304 g/mol. The minimum Gasteiger partial charge on any atom is -0.457 e. The number of pyridine rings is 1. The Morgan fingerprint density at radius 1 is 1.27 bits per heavy atom. The zero-order valence-electron chi connectivity index (χ0n) is 13.3. The highest BCUT2D eigenvalue weighted by molar-refractivity contribution is 5.99. The number of nitrogens with zero attached hydrogens (tertiary/aromatic N) is 2. The lowest BCUT2D eigenvalue weighted by Crippen LogP contribution is -2.41. The zero-order chi connectivity index (χ0) is 16.4. The summed E-state index contributed by atoms with van der Waals surface area (Å²) in [6.45, 7) is 5.28. The molecule has 0 aliphatic carbocycles. The Bertz CT molecular complexity index is 639. The van der Waals surface area contributed by atoms with Crippen molar-refractivity contribution in [3.8, 4) is 0 Å². The number of esters is 1. The van der Waals surface area contributed by atoms with Gasteiger partial charge in [-0.3, -0.25) is 14.6 Å². The van der Waals surface area contributed by atoms with Crippen LogP contribution in [0, 0.1) is 13.8 Å². The van der Waals surface area contributed by atoms with Crippen molar-refractivity contribution in [3.63, 3.8) is 0 Å². The van der Waals surface area contributed by atoms with Crippen molar-refractivity contribution < 1.29 is 19.1 Å². The van der Waals surface area contributed by atoms with Gasteiger partial charge in [-0.25, -0.2) is 4.79 Å². The number of likely N-dealkylation sites (tertiary alicyclic amines) is 1. The number of hydrogen-bond acceptors (Lipinski definition) is 5. The molecule has 0 radical (unpaired) electrons. The Hall–Kier alpha value is -2.24. The number of amides is 1. The Morgan fingerprint density at radius 2 is 1.91 bits per heavy atom. The first-order valence-electron chi connectivity index (χ1n) is 7.23. The van der Waals surface area contributed by atoms with Crippen molar-refractivity contribution in [2.24, 2.45) is 0 Å². The largest absolute Gasteiger partial charge is 0.457 e. The summed E-state index contributed by atoms with van der Waals surface area (Å²) in [5, 5.41) is 0. The molecule has 0 N–H and O–H groups in total. The molecule has 22 heavy (non-hydrogen) atoms. The molecule has 1 aliphatic heterocycles. The van der Waals surface area contributed by atoms with Gasteiger partial charge < -0.3 is 9.64 Å². The van der Waals surface area contributed by atoms with Gasteiger partial charge in [0.15, 0.2) is 5.78 Å². The first-order valence-corrected chi connectivity index (χ1v) is 7.23. The number of aromatic nitrogens is 1. The molecule has 6 nitrogen and oxygen atoms in total. The maximum atomic E-state index is 12.3. The predicted octanol–water partition coefficient (Wildman–Crippen LogP) is 1.68. The van der Waals surface area contributed by atoms with E-state index in [1.165, 1.54) is 6.92 Å². The maximum Gasteiger partial charge on any atom is 0.340 e. The Morgan fingerprint density at radius 3 is 2.50 bits per heavy atom. The number of rotatable bonds is 3. The SMILES string of the molecule is CC(=O)c1cc(C(=O)OC2CCC(=O)N(C)C2)c(C)nc1C. The van der Waals surface area contributed by atoms with Crippen LogP contribution in [0.2, 0.25) is 0 Å². The lowest BCUT2D eigenvalue weighted by atomic mass is 10.0. The fourth-order valence-corrected chi connectivity index (χ4v) is 2.57. The van der Waals surface area contributed by atoms with Gasteiger partial charge >= 0.3 is 5.97 Å². The smallest absolute Gasteiger partial charge is 0.340 e. The van der Waals surface area contributed by atoms with E-state index >= 15 is 0 Å². The zero-order valence-corrected chi connectivity index (χ0v) is 13.3. The molecular formula is C16H20N2O4. The summed E-state index contributed by atoms with van der Waals surface area (Å²) in [6, 6.07) is 1.54. The molecule has 118 valence electrons. The van der Waals surface area contributed by atoms with E-state index in [0.29, 0.717) is 41.9 Å². The molecule has 6 heteroatoms. The van der Waals surface area contributed by atoms with Crippen molar-refractivity contribution in [1.82, 2.24) is 9.88 Å². The molecule has 0 spiro atoms. The van der Waals surface area contributed by atoms with Gasteiger partial charge in [0.2, 0.25) is 5.91 Å². The number of carbonyl (C=O) groups excluding carboxylic acids is 3. The van der Waals surface area contributed by atoms with Crippen LogP contribution in [0.1, 0.15) is 51.9 Å². The average Bonchev–Trinajstić information content (AvgIpc) is 2.42. The van der Waals surface area contributed by atoms with E-state index in [9.17, 15) is 14.4 Å². The quantitative estimate of drug-likeness (QED) is 0.627. The van der Waals surface area contributed by atoms with Gasteiger partial charge in [-0.1, -0.05) is 0 Å². The highest BCUT2D eigenvalue weighted by Gasteiger charge is 2.27. The van der Waals surface area contributed by atoms with Crippen LogP contribution in [0.4, 0.5) is 0 Å². The Labute approximate surface area is 129 Å². The van der Waals surface area contributed by atoms with Crippen LogP contribution in [0.5, 0.6) is 0 Å². The number of Topliss-reactive ketones (excluding diaryl/α,β-unsaturated/α-hetero) is 1. The molecule has 2 rings (SSSR count). The summed E-state index contributed by atoms with van der Waals surface area (Å²) in [4.78, 5) is 41.2. The number of hydrogen-bond donors (Lipinski definition) is 0. The highest BCUT2D eigenvalue weighted by atomic mass is 16.5. The summed E-state index contributed by atoms with van der Waals surface area (Å²) in [5.41, 5.74) is 1.86. The van der Waals surface area contributed by atoms with E-state index in [0.717, 1.165) is 0 Å². The summed E-state index contributed by atoms with van der Waals surface area (Å²) >= 11 is 0. The fourth-order valence-electron chi connectivity index (χ4n) is 2.57. The van der Waals surface area contributed by atoms with Crippen LogP contribution in [0.15, 0.2) is 6.07 Å². The van der Waals surface area contributed by atoms with Crippen molar-refractivity contribution >= 4 is 17.7 Å². The minimum atomic E-state index is -0.500. The van der Waals surface area contributed by atoms with E-state index in [-0.39, 0.29) is 17.8 Å². The number of ketones is 1. The predicted molar refractivity (Wildman–Crippen MR) is 79.8 cm³/mol. The van der Waals surface area contributed by atoms with Crippen molar-refractivity contribution in [1.29, 1.82) is 0 Å². The van der Waals surface area contributed by atoms with Gasteiger partial charge in [-0.2, -0.15) is 0 Å². The molecule has 1 aliphatic rings. The van der Waals surface area contributed by atoms with Gasteiger partial charge in [-0.15, -0.1) is 0 Å². The topological polar surface area (TPSA) is 76.6 Å². The molecule has 0 aromatic carbocycles. The standard InChI is InChI=1S/C16H20N2O4/c1-9-13(11(3)19)7-14(10(2)17-9)16(21)22-12-5-6-15(20)18(4)8-12/h7,12H,5-6,8H2,1-4H3. The molecule has 1 atom stereocenters. The number of piperidine rings is 1. The van der Waals surface area contributed by atoms with E-state index in [4.69, 9.17) is 4.74 Å². The molecule has 1 fully saturated rings. The molecule has 1 aromatic heterocycles. The fraction of sp³-hybridized carbons (Fsp3) is 0.500. The minimum absolute atomic E-state index is 0.0550. The maximum absolute atomic E-state index is 12.3. The third-order valence-electron chi connectivity index (χ3n) is 3.86. The van der Waals surface area contributed by atoms with Crippen molar-refractivity contribution in [2.75, 3.05) is 13.6 Å². The van der Waals surface area contributed by atoms with Gasteiger partial charge in [0.05, 0.1) is 17.8 Å². The molecule has 1 unspecified atom stereocenters. The number of likely N-dealkylation sites (N-methyl/N-ethyl adjacent to an activating group) is 1. The van der Waals surface area contributed by atoms with Crippen LogP contribution >= 0.6 is 0 Å². The first-order chi connectivity index (χ1) is 10.3. The van der Waals surface area contributed by atoms with Crippen LogP contribution in [0.25, 0.3) is 0 Å². The second-order valence-electron chi connectivity index (χ2n) is 5.65. The number of aryl methyl sites for hydroxylation is 2. The third-order valence-corrected chi connectivity index (χ3v) is 3.86. The summed E-state index contributed by atoms with van der Waals surface area (Å²) in [5.74, 6) is -0.582. The van der Waals surface area contributed by atoms with E-state index in [2.05, 4.69) is 4.98 Å². The van der Waals surface area contributed by atoms with Crippen LogP contribution in [-0.4, -0.2) is 47.2 Å². The van der Waals surface area contributed by atoms with Gasteiger partial charge in [0, 0.05) is 24.7 Å². The van der Waals surface area contributed by atoms with Crippen LogP contribution in [-0.2, 0) is 9.53 Å². The van der Waals surface area contributed by atoms with Gasteiger partial charge in [-0.05, 0) is 33.3 Å². The molecule has 0 bridgehead atoms. The number of ether oxygens (including phenoxy) is 1. The normalized spacial score (nSPS) is 18.3. The molecule has 1 saturated heterocycles. The lowest BCUT2D eigenvalue weighted by molar-refractivity contribution is -0.135. The summed E-state index contributed by atoms with van der Waals surface area (Å²) < 4.78 is 5.47. The second kappa shape index (κ2) is 6.25. The molecule has 0 saturated carbocycles. The summed E-state index contributed by atoms with van der Waals surface area (Å²) in [7, 11) is 1.69. The lowest BCUT2D eigenvalue weighted by Gasteiger charge is -2.29.